The maximum Gasteiger partial charge on any atom is 0.226 e. The van der Waals surface area contributed by atoms with E-state index in [0.29, 0.717) is 11.7 Å². The lowest BCUT2D eigenvalue weighted by atomic mass is 10.0. The molecule has 7 nitrogen and oxygen atoms in total. The van der Waals surface area contributed by atoms with Gasteiger partial charge in [-0.05, 0) is 60.7 Å². The van der Waals surface area contributed by atoms with E-state index in [1.165, 1.54) is 0 Å². The minimum absolute atomic E-state index is 0.0656. The van der Waals surface area contributed by atoms with E-state index < -0.39 is 0 Å². The van der Waals surface area contributed by atoms with E-state index in [1.807, 2.05) is 85.1 Å². The number of benzene rings is 2. The topological polar surface area (TPSA) is 71.4 Å². The number of pyridine rings is 1. The van der Waals surface area contributed by atoms with Crippen molar-refractivity contribution in [3.8, 4) is 11.4 Å². The standard InChI is InChI=1S/C28H27N5O2S/c1-35-24-15-6-5-13-22(24)32-18-9-14-23(32)27-26(21-12-7-8-17-29-21)31-28(36)33(27)19-16-25(34)30-20-10-3-2-4-11-20/h2-15,17-18,26-27H,16,19H2,1H3,(H,30,34)(H,31,36)/t26-,27-/m0/s1. The Balaban J connectivity index is 1.47. The summed E-state index contributed by atoms with van der Waals surface area (Å²) in [7, 11) is 1.67. The first-order valence-corrected chi connectivity index (χ1v) is 12.2. The second kappa shape index (κ2) is 10.6. The van der Waals surface area contributed by atoms with Crippen LogP contribution in [0.2, 0.25) is 0 Å². The van der Waals surface area contributed by atoms with Crippen molar-refractivity contribution in [1.82, 2.24) is 19.8 Å². The van der Waals surface area contributed by atoms with Gasteiger partial charge in [0.05, 0.1) is 30.6 Å². The Morgan fingerprint density at radius 2 is 1.81 bits per heavy atom. The molecule has 8 heteroatoms. The van der Waals surface area contributed by atoms with E-state index in [0.717, 1.165) is 28.5 Å². The third kappa shape index (κ3) is 4.81. The van der Waals surface area contributed by atoms with Gasteiger partial charge in [0.25, 0.3) is 0 Å². The number of nitrogens with one attached hydrogen (secondary N) is 2. The fraction of sp³-hybridized carbons (Fsp3) is 0.179. The Labute approximate surface area is 215 Å². The average molecular weight is 498 g/mol. The number of hydrogen-bond donors (Lipinski definition) is 2. The first kappa shape index (κ1) is 23.6. The zero-order valence-corrected chi connectivity index (χ0v) is 20.7. The van der Waals surface area contributed by atoms with E-state index in [1.54, 1.807) is 13.3 Å². The molecule has 0 bridgehead atoms. The Morgan fingerprint density at radius 3 is 2.58 bits per heavy atom. The highest BCUT2D eigenvalue weighted by molar-refractivity contribution is 7.80. The minimum Gasteiger partial charge on any atom is -0.495 e. The number of thiocarbonyl (C=S) groups is 1. The third-order valence-corrected chi connectivity index (χ3v) is 6.62. The lowest BCUT2D eigenvalue weighted by Gasteiger charge is -2.29. The molecule has 2 N–H and O–H groups in total. The smallest absolute Gasteiger partial charge is 0.226 e. The zero-order chi connectivity index (χ0) is 24.9. The average Bonchev–Trinajstić information content (AvgIpc) is 3.52. The number of ether oxygens (including phenoxy) is 1. The van der Waals surface area contributed by atoms with Crippen LogP contribution in [-0.4, -0.2) is 39.1 Å². The molecule has 0 unspecified atom stereocenters. The molecule has 4 aromatic rings. The monoisotopic (exact) mass is 497 g/mol. The molecule has 2 aromatic heterocycles. The molecule has 5 rings (SSSR count). The number of nitrogens with zero attached hydrogens (tertiary/aromatic N) is 3. The van der Waals surface area contributed by atoms with Gasteiger partial charge in [0.1, 0.15) is 5.75 Å². The Morgan fingerprint density at radius 1 is 1.03 bits per heavy atom. The molecular formula is C28H27N5O2S. The molecule has 2 aromatic carbocycles. The van der Waals surface area contributed by atoms with Crippen LogP contribution in [-0.2, 0) is 4.79 Å². The van der Waals surface area contributed by atoms with Crippen molar-refractivity contribution in [2.24, 2.45) is 0 Å². The van der Waals surface area contributed by atoms with Crippen LogP contribution < -0.4 is 15.4 Å². The van der Waals surface area contributed by atoms with Crippen LogP contribution >= 0.6 is 12.2 Å². The molecule has 2 atom stereocenters. The molecule has 1 saturated heterocycles. The summed E-state index contributed by atoms with van der Waals surface area (Å²) in [4.78, 5) is 19.5. The van der Waals surface area contributed by atoms with Crippen molar-refractivity contribution >= 4 is 28.9 Å². The summed E-state index contributed by atoms with van der Waals surface area (Å²) in [5, 5.41) is 7.01. The van der Waals surface area contributed by atoms with Gasteiger partial charge in [0.15, 0.2) is 5.11 Å². The predicted octanol–water partition coefficient (Wildman–Crippen LogP) is 4.88. The van der Waals surface area contributed by atoms with Crippen molar-refractivity contribution < 1.29 is 9.53 Å². The fourth-order valence-corrected chi connectivity index (χ4v) is 4.95. The van der Waals surface area contributed by atoms with Crippen LogP contribution in [0.15, 0.2) is 97.3 Å². The van der Waals surface area contributed by atoms with E-state index in [2.05, 4.69) is 31.2 Å². The van der Waals surface area contributed by atoms with E-state index in [4.69, 9.17) is 17.0 Å². The third-order valence-electron chi connectivity index (χ3n) is 6.26. The van der Waals surface area contributed by atoms with Crippen molar-refractivity contribution in [3.05, 3.63) is 109 Å². The van der Waals surface area contributed by atoms with Crippen LogP contribution in [0.1, 0.15) is 29.9 Å². The van der Waals surface area contributed by atoms with Gasteiger partial charge in [-0.1, -0.05) is 36.4 Å². The largest absolute Gasteiger partial charge is 0.495 e. The van der Waals surface area contributed by atoms with Gasteiger partial charge in [-0.3, -0.25) is 9.78 Å². The number of hydrogen-bond acceptors (Lipinski definition) is 4. The normalized spacial score (nSPS) is 17.0. The van der Waals surface area contributed by atoms with E-state index in [-0.39, 0.29) is 24.4 Å². The highest BCUT2D eigenvalue weighted by atomic mass is 32.1. The second-order valence-electron chi connectivity index (χ2n) is 8.46. The number of para-hydroxylation sites is 3. The van der Waals surface area contributed by atoms with Gasteiger partial charge in [-0.25, -0.2) is 0 Å². The van der Waals surface area contributed by atoms with Crippen LogP contribution in [0.4, 0.5) is 5.69 Å². The lowest BCUT2D eigenvalue weighted by molar-refractivity contribution is -0.116. The summed E-state index contributed by atoms with van der Waals surface area (Å²) in [5.41, 5.74) is 3.61. The van der Waals surface area contributed by atoms with Gasteiger partial charge < -0.3 is 24.8 Å². The number of amides is 1. The lowest BCUT2D eigenvalue weighted by Crippen LogP contribution is -2.33. The van der Waals surface area contributed by atoms with Crippen molar-refractivity contribution in [1.29, 1.82) is 0 Å². The number of carbonyl (C=O) groups excluding carboxylic acids is 1. The number of methoxy groups -OCH3 is 1. The molecular weight excluding hydrogens is 470 g/mol. The molecule has 0 spiro atoms. The van der Waals surface area contributed by atoms with E-state index in [9.17, 15) is 4.79 Å². The van der Waals surface area contributed by atoms with Gasteiger partial charge in [-0.15, -0.1) is 0 Å². The molecule has 1 amide bonds. The number of rotatable bonds is 8. The minimum atomic E-state index is -0.183. The highest BCUT2D eigenvalue weighted by Crippen LogP contribution is 2.40. The molecule has 1 aliphatic rings. The second-order valence-corrected chi connectivity index (χ2v) is 8.85. The molecule has 1 aliphatic heterocycles. The van der Waals surface area contributed by atoms with Crippen LogP contribution in [0.25, 0.3) is 5.69 Å². The summed E-state index contributed by atoms with van der Waals surface area (Å²) in [6.07, 6.45) is 4.09. The molecule has 0 radical (unpaired) electrons. The Hall–Kier alpha value is -4.17. The van der Waals surface area contributed by atoms with Crippen LogP contribution in [0.5, 0.6) is 5.75 Å². The summed E-state index contributed by atoms with van der Waals surface area (Å²) in [6.45, 7) is 0.454. The van der Waals surface area contributed by atoms with Gasteiger partial charge in [0.2, 0.25) is 5.91 Å². The maximum absolute atomic E-state index is 12.8. The van der Waals surface area contributed by atoms with Crippen LogP contribution in [0, 0.1) is 0 Å². The number of anilines is 1. The summed E-state index contributed by atoms with van der Waals surface area (Å²) >= 11 is 5.78. The maximum atomic E-state index is 12.8. The summed E-state index contributed by atoms with van der Waals surface area (Å²) in [6, 6.07) is 27.0. The highest BCUT2D eigenvalue weighted by Gasteiger charge is 2.41. The Bertz CT molecular complexity index is 1340. The van der Waals surface area contributed by atoms with E-state index >= 15 is 0 Å². The quantitative estimate of drug-likeness (QED) is 0.338. The van der Waals surface area contributed by atoms with Crippen molar-refractivity contribution in [3.63, 3.8) is 0 Å². The Kier molecular flexibility index (Phi) is 6.95. The molecule has 1 fully saturated rings. The first-order chi connectivity index (χ1) is 17.7. The SMILES string of the molecule is COc1ccccc1-n1cccc1[C@H]1[C@H](c2ccccn2)NC(=S)N1CCC(=O)Nc1ccccc1. The fourth-order valence-electron chi connectivity index (χ4n) is 4.62. The van der Waals surface area contributed by atoms with Gasteiger partial charge in [-0.2, -0.15) is 0 Å². The molecule has 0 saturated carbocycles. The van der Waals surface area contributed by atoms with Gasteiger partial charge >= 0.3 is 0 Å². The van der Waals surface area contributed by atoms with Crippen LogP contribution in [0.3, 0.4) is 0 Å². The number of carbonyl (C=O) groups is 1. The zero-order valence-electron chi connectivity index (χ0n) is 19.9. The first-order valence-electron chi connectivity index (χ1n) is 11.8. The summed E-state index contributed by atoms with van der Waals surface area (Å²) in [5.74, 6) is 0.704. The predicted molar refractivity (Wildman–Crippen MR) is 144 cm³/mol. The molecule has 0 aliphatic carbocycles. The van der Waals surface area contributed by atoms with Crippen molar-refractivity contribution in [2.75, 3.05) is 19.0 Å². The molecule has 182 valence electrons. The number of aromatic nitrogens is 2. The van der Waals surface area contributed by atoms with Crippen molar-refractivity contribution in [2.45, 2.75) is 18.5 Å². The molecule has 36 heavy (non-hydrogen) atoms. The molecule has 3 heterocycles. The summed E-state index contributed by atoms with van der Waals surface area (Å²) < 4.78 is 7.76. The van der Waals surface area contributed by atoms with Gasteiger partial charge in [0, 0.05) is 36.7 Å².